The fraction of sp³-hybridized carbons (Fsp3) is 0.333. The monoisotopic (exact) mass is 172 g/mol. The number of dihydropyridines is 1. The molecule has 2 heteroatoms. The molecule has 0 fully saturated rings. The van der Waals surface area contributed by atoms with Crippen LogP contribution in [-0.4, -0.2) is 6.54 Å². The Hall–Kier alpha value is -0.240. The second kappa shape index (κ2) is 2.35. The number of nitrogens with one attached hydrogen (secondary N) is 1. The lowest BCUT2D eigenvalue weighted by molar-refractivity contribution is 0.878. The van der Waals surface area contributed by atoms with Crippen molar-refractivity contribution in [3.63, 3.8) is 0 Å². The van der Waals surface area contributed by atoms with Gasteiger partial charge in [0.2, 0.25) is 0 Å². The SMILES string of the molecule is CC1=[C]C=C(Br)CN1. The van der Waals surface area contributed by atoms with Crippen LogP contribution >= 0.6 is 15.9 Å². The fourth-order valence-corrected chi connectivity index (χ4v) is 0.760. The summed E-state index contributed by atoms with van der Waals surface area (Å²) in [5, 5.41) is 3.12. The molecular weight excluding hydrogens is 166 g/mol. The van der Waals surface area contributed by atoms with Gasteiger partial charge in [-0.05, 0) is 13.0 Å². The first kappa shape index (κ1) is 5.89. The molecule has 1 nitrogen and oxygen atoms in total. The molecule has 0 saturated carbocycles. The van der Waals surface area contributed by atoms with Crippen LogP contribution in [0.3, 0.4) is 0 Å². The van der Waals surface area contributed by atoms with Crippen molar-refractivity contribution in [2.24, 2.45) is 0 Å². The number of rotatable bonds is 0. The predicted molar refractivity (Wildman–Crippen MR) is 37.4 cm³/mol. The normalized spacial score (nSPS) is 18.8. The van der Waals surface area contributed by atoms with Crippen molar-refractivity contribution >= 4 is 15.9 Å². The van der Waals surface area contributed by atoms with Crippen LogP contribution in [0.1, 0.15) is 6.92 Å². The summed E-state index contributed by atoms with van der Waals surface area (Å²) in [6.45, 7) is 2.90. The highest BCUT2D eigenvalue weighted by atomic mass is 79.9. The van der Waals surface area contributed by atoms with E-state index in [0.29, 0.717) is 0 Å². The summed E-state index contributed by atoms with van der Waals surface area (Å²) in [7, 11) is 0. The Labute approximate surface area is 57.6 Å². The van der Waals surface area contributed by atoms with Crippen molar-refractivity contribution in [2.75, 3.05) is 6.54 Å². The summed E-state index contributed by atoms with van der Waals surface area (Å²) in [5.41, 5.74) is 1.10. The highest BCUT2D eigenvalue weighted by molar-refractivity contribution is 9.11. The van der Waals surface area contributed by atoms with Gasteiger partial charge in [0.05, 0.1) is 0 Å². The maximum Gasteiger partial charge on any atom is 0.0463 e. The Morgan fingerprint density at radius 1 is 1.88 bits per heavy atom. The number of halogens is 1. The predicted octanol–water partition coefficient (Wildman–Crippen LogP) is 1.58. The molecule has 1 heterocycles. The van der Waals surface area contributed by atoms with E-state index in [-0.39, 0.29) is 0 Å². The van der Waals surface area contributed by atoms with E-state index >= 15 is 0 Å². The molecule has 0 unspecified atom stereocenters. The quantitative estimate of drug-likeness (QED) is 0.586. The van der Waals surface area contributed by atoms with Crippen LogP contribution < -0.4 is 5.32 Å². The van der Waals surface area contributed by atoms with Gasteiger partial charge in [0.15, 0.2) is 0 Å². The van der Waals surface area contributed by atoms with Gasteiger partial charge < -0.3 is 5.32 Å². The Morgan fingerprint density at radius 3 is 3.00 bits per heavy atom. The third kappa shape index (κ3) is 1.37. The van der Waals surface area contributed by atoms with Gasteiger partial charge in [0.1, 0.15) is 0 Å². The van der Waals surface area contributed by atoms with E-state index in [0.717, 1.165) is 16.7 Å². The summed E-state index contributed by atoms with van der Waals surface area (Å²) < 4.78 is 1.16. The zero-order valence-electron chi connectivity index (χ0n) is 4.66. The molecule has 1 rings (SSSR count). The maximum atomic E-state index is 3.34. The molecule has 0 aromatic carbocycles. The van der Waals surface area contributed by atoms with Crippen LogP contribution in [0.25, 0.3) is 0 Å². The van der Waals surface area contributed by atoms with E-state index in [2.05, 4.69) is 27.3 Å². The summed E-state index contributed by atoms with van der Waals surface area (Å²) in [6.07, 6.45) is 4.96. The summed E-state index contributed by atoms with van der Waals surface area (Å²) in [6, 6.07) is 0. The minimum atomic E-state index is 0.902. The zero-order chi connectivity index (χ0) is 5.98. The van der Waals surface area contributed by atoms with Gasteiger partial charge >= 0.3 is 0 Å². The summed E-state index contributed by atoms with van der Waals surface area (Å²) in [4.78, 5) is 0. The Kier molecular flexibility index (Phi) is 1.73. The molecule has 8 heavy (non-hydrogen) atoms. The fourth-order valence-electron chi connectivity index (χ4n) is 0.506. The molecule has 1 aliphatic heterocycles. The number of hydrogen-bond donors (Lipinski definition) is 1. The van der Waals surface area contributed by atoms with Crippen molar-refractivity contribution in [1.29, 1.82) is 0 Å². The molecule has 1 radical (unpaired) electrons. The second-order valence-corrected chi connectivity index (χ2v) is 2.73. The molecule has 1 aliphatic rings. The maximum absolute atomic E-state index is 3.34. The summed E-state index contributed by atoms with van der Waals surface area (Å²) in [5.74, 6) is 0. The van der Waals surface area contributed by atoms with Crippen LogP contribution in [0.4, 0.5) is 0 Å². The lowest BCUT2D eigenvalue weighted by Crippen LogP contribution is -2.15. The minimum absolute atomic E-state index is 0.902. The van der Waals surface area contributed by atoms with Crippen molar-refractivity contribution in [1.82, 2.24) is 5.32 Å². The number of hydrogen-bond acceptors (Lipinski definition) is 1. The smallest absolute Gasteiger partial charge is 0.0463 e. The Balaban J connectivity index is 2.65. The van der Waals surface area contributed by atoms with Crippen molar-refractivity contribution < 1.29 is 0 Å². The summed E-state index contributed by atoms with van der Waals surface area (Å²) >= 11 is 3.34. The van der Waals surface area contributed by atoms with Gasteiger partial charge in [0, 0.05) is 22.8 Å². The lowest BCUT2D eigenvalue weighted by Gasteiger charge is -2.07. The molecule has 0 bridgehead atoms. The van der Waals surface area contributed by atoms with Crippen LogP contribution in [0.15, 0.2) is 16.3 Å². The molecule has 0 aliphatic carbocycles. The first-order valence-electron chi connectivity index (χ1n) is 2.47. The van der Waals surface area contributed by atoms with Gasteiger partial charge in [-0.1, -0.05) is 15.9 Å². The van der Waals surface area contributed by atoms with E-state index in [1.165, 1.54) is 0 Å². The molecule has 43 valence electrons. The Morgan fingerprint density at radius 2 is 2.62 bits per heavy atom. The number of allylic oxidation sites excluding steroid dienone is 3. The topological polar surface area (TPSA) is 12.0 Å². The third-order valence-electron chi connectivity index (χ3n) is 0.968. The van der Waals surface area contributed by atoms with Crippen LogP contribution in [0, 0.1) is 6.08 Å². The van der Waals surface area contributed by atoms with Crippen molar-refractivity contribution in [2.45, 2.75) is 6.92 Å². The van der Waals surface area contributed by atoms with Crippen LogP contribution in [-0.2, 0) is 0 Å². The van der Waals surface area contributed by atoms with E-state index < -0.39 is 0 Å². The zero-order valence-corrected chi connectivity index (χ0v) is 6.25. The van der Waals surface area contributed by atoms with Gasteiger partial charge in [-0.25, -0.2) is 0 Å². The van der Waals surface area contributed by atoms with Crippen LogP contribution in [0.5, 0.6) is 0 Å². The Bertz CT molecular complexity index is 129. The first-order chi connectivity index (χ1) is 3.79. The standard InChI is InChI=1S/C6H7BrN/c1-5-2-3-6(7)4-8-5/h3,8H,4H2,1H3. The largest absolute Gasteiger partial charge is 0.383 e. The first-order valence-corrected chi connectivity index (χ1v) is 3.27. The van der Waals surface area contributed by atoms with Gasteiger partial charge in [0.25, 0.3) is 0 Å². The molecular formula is C6H7BrN. The minimum Gasteiger partial charge on any atom is -0.383 e. The average Bonchev–Trinajstić information content (AvgIpc) is 1.77. The molecule has 0 saturated heterocycles. The third-order valence-corrected chi connectivity index (χ3v) is 1.48. The van der Waals surface area contributed by atoms with Gasteiger partial charge in [-0.2, -0.15) is 0 Å². The van der Waals surface area contributed by atoms with E-state index in [1.54, 1.807) is 0 Å². The average molecular weight is 173 g/mol. The molecule has 0 aromatic heterocycles. The highest BCUT2D eigenvalue weighted by Crippen LogP contribution is 2.07. The molecule has 1 N–H and O–H groups in total. The second-order valence-electron chi connectivity index (χ2n) is 1.71. The van der Waals surface area contributed by atoms with Crippen LogP contribution in [0.2, 0.25) is 0 Å². The lowest BCUT2D eigenvalue weighted by atomic mass is 10.3. The molecule has 0 aromatic rings. The van der Waals surface area contributed by atoms with Crippen molar-refractivity contribution in [3.8, 4) is 0 Å². The van der Waals surface area contributed by atoms with Gasteiger partial charge in [-0.3, -0.25) is 0 Å². The molecule has 0 atom stereocenters. The molecule has 0 spiro atoms. The van der Waals surface area contributed by atoms with E-state index in [4.69, 9.17) is 0 Å². The van der Waals surface area contributed by atoms with Crippen molar-refractivity contribution in [3.05, 3.63) is 22.3 Å². The van der Waals surface area contributed by atoms with E-state index in [1.807, 2.05) is 13.0 Å². The molecule has 0 amide bonds. The highest BCUT2D eigenvalue weighted by Gasteiger charge is 1.95. The van der Waals surface area contributed by atoms with E-state index in [9.17, 15) is 0 Å². The van der Waals surface area contributed by atoms with Gasteiger partial charge in [-0.15, -0.1) is 0 Å².